The van der Waals surface area contributed by atoms with Gasteiger partial charge in [0.25, 0.3) is 0 Å². The van der Waals surface area contributed by atoms with Gasteiger partial charge in [0.15, 0.2) is 0 Å². The molecule has 0 saturated heterocycles. The summed E-state index contributed by atoms with van der Waals surface area (Å²) in [6, 6.07) is 13.2. The molecule has 2 heterocycles. The van der Waals surface area contributed by atoms with Gasteiger partial charge in [0.2, 0.25) is 0 Å². The Balaban J connectivity index is 0.00000120. The molecule has 18 heavy (non-hydrogen) atoms. The number of hydrogen-bond donors (Lipinski definition) is 0. The minimum absolute atomic E-state index is 0. The predicted octanol–water partition coefficient (Wildman–Crippen LogP) is 2.58. The summed E-state index contributed by atoms with van der Waals surface area (Å²) in [5.74, 6) is 0. The molecule has 1 radical (unpaired) electrons. The van der Waals surface area contributed by atoms with Crippen LogP contribution in [0.5, 0.6) is 0 Å². The summed E-state index contributed by atoms with van der Waals surface area (Å²) in [7, 11) is 0. The van der Waals surface area contributed by atoms with Crippen LogP contribution in [0, 0.1) is 6.07 Å². The molecular formula is C15H10IrNS-. The Morgan fingerprint density at radius 1 is 1.22 bits per heavy atom. The number of pyridine rings is 1. The van der Waals surface area contributed by atoms with Crippen molar-refractivity contribution in [3.63, 3.8) is 0 Å². The summed E-state index contributed by atoms with van der Waals surface area (Å²) >= 11 is 1.66. The minimum Gasteiger partial charge on any atom is -0.305 e. The molecule has 3 heteroatoms. The van der Waals surface area contributed by atoms with Crippen LogP contribution in [-0.2, 0) is 20.1 Å². The first-order chi connectivity index (χ1) is 8.25. The Morgan fingerprint density at radius 3 is 2.78 bits per heavy atom. The van der Waals surface area contributed by atoms with Crippen LogP contribution in [0.3, 0.4) is 0 Å². The summed E-state index contributed by atoms with van der Waals surface area (Å²) in [4.78, 5) is 4.33. The van der Waals surface area contributed by atoms with E-state index in [1.807, 2.05) is 24.3 Å². The average molecular weight is 429 g/mol. The quantitative estimate of drug-likeness (QED) is 0.543. The van der Waals surface area contributed by atoms with E-state index in [4.69, 9.17) is 0 Å². The third kappa shape index (κ3) is 2.17. The molecule has 0 aliphatic carbocycles. The minimum atomic E-state index is 0. The standard InChI is InChI=1S/C15H10NS.Ir/c1-10-11(2)17-15-7-6-12(9-13(10)15)14-5-3-4-8-16-14;/h3-5,7-9H,1-2H2;/q-1;. The zero-order valence-corrected chi connectivity index (χ0v) is 12.8. The van der Waals surface area contributed by atoms with Gasteiger partial charge in [0.05, 0.1) is 0 Å². The van der Waals surface area contributed by atoms with Crippen molar-refractivity contribution in [1.29, 1.82) is 0 Å². The van der Waals surface area contributed by atoms with Crippen molar-refractivity contribution in [2.75, 3.05) is 0 Å². The number of aromatic nitrogens is 1. The number of nitrogens with zero attached hydrogens (tertiary/aromatic N) is 1. The third-order valence-corrected chi connectivity index (χ3v) is 3.80. The van der Waals surface area contributed by atoms with Crippen molar-refractivity contribution < 1.29 is 20.1 Å². The Bertz CT molecular complexity index is 777. The number of fused-ring (bicyclic) bond motifs is 1. The summed E-state index contributed by atoms with van der Waals surface area (Å²) in [5, 5.41) is 2.16. The molecule has 0 atom stereocenters. The van der Waals surface area contributed by atoms with Crippen LogP contribution < -0.4 is 9.75 Å². The molecule has 0 aliphatic heterocycles. The molecular weight excluding hydrogens is 418 g/mol. The van der Waals surface area contributed by atoms with Crippen LogP contribution >= 0.6 is 11.3 Å². The van der Waals surface area contributed by atoms with Gasteiger partial charge in [-0.2, -0.15) is 11.3 Å². The molecule has 1 aromatic carbocycles. The van der Waals surface area contributed by atoms with Crippen LogP contribution in [0.1, 0.15) is 0 Å². The molecule has 0 saturated carbocycles. The SMILES string of the molecule is C=c1sc2c[c-]c(-c3ccccn3)cc2c1=C.[Ir]. The Kier molecular flexibility index (Phi) is 3.76. The molecule has 1 nitrogen and oxygen atoms in total. The first kappa shape index (κ1) is 13.2. The van der Waals surface area contributed by atoms with Crippen molar-refractivity contribution >= 4 is 34.6 Å². The molecule has 0 aliphatic rings. The second kappa shape index (κ2) is 5.15. The van der Waals surface area contributed by atoms with Crippen LogP contribution in [0.15, 0.2) is 36.5 Å². The second-order valence-corrected chi connectivity index (χ2v) is 4.98. The fraction of sp³-hybridized carbons (Fsp3) is 0. The van der Waals surface area contributed by atoms with Gasteiger partial charge in [-0.3, -0.25) is 0 Å². The van der Waals surface area contributed by atoms with Gasteiger partial charge < -0.3 is 4.98 Å². The first-order valence-electron chi connectivity index (χ1n) is 5.29. The van der Waals surface area contributed by atoms with Gasteiger partial charge in [-0.25, -0.2) is 0 Å². The number of hydrogen-bond acceptors (Lipinski definition) is 2. The maximum atomic E-state index is 4.33. The van der Waals surface area contributed by atoms with E-state index in [-0.39, 0.29) is 20.1 Å². The molecule has 0 bridgehead atoms. The Hall–Kier alpha value is -1.28. The van der Waals surface area contributed by atoms with Gasteiger partial charge in [0.1, 0.15) is 0 Å². The molecule has 3 rings (SSSR count). The summed E-state index contributed by atoms with van der Waals surface area (Å²) in [5.41, 5.74) is 1.94. The van der Waals surface area contributed by atoms with Crippen LogP contribution in [0.2, 0.25) is 0 Å². The van der Waals surface area contributed by atoms with Crippen molar-refractivity contribution in [2.24, 2.45) is 0 Å². The maximum absolute atomic E-state index is 4.33. The summed E-state index contributed by atoms with van der Waals surface area (Å²) in [6.07, 6.45) is 1.79. The number of rotatable bonds is 1. The zero-order valence-electron chi connectivity index (χ0n) is 9.57. The second-order valence-electron chi connectivity index (χ2n) is 3.84. The predicted molar refractivity (Wildman–Crippen MR) is 74.2 cm³/mol. The topological polar surface area (TPSA) is 12.9 Å². The largest absolute Gasteiger partial charge is 0.305 e. The van der Waals surface area contributed by atoms with Gasteiger partial charge in [0, 0.05) is 30.8 Å². The average Bonchev–Trinajstić information content (AvgIpc) is 2.66. The van der Waals surface area contributed by atoms with E-state index < -0.39 is 0 Å². The van der Waals surface area contributed by atoms with E-state index in [9.17, 15) is 0 Å². The van der Waals surface area contributed by atoms with Crippen molar-refractivity contribution in [1.82, 2.24) is 4.98 Å². The van der Waals surface area contributed by atoms with E-state index in [2.05, 4.69) is 30.3 Å². The molecule has 2 aromatic heterocycles. The van der Waals surface area contributed by atoms with Gasteiger partial charge in [-0.05, 0) is 21.7 Å². The summed E-state index contributed by atoms with van der Waals surface area (Å²) < 4.78 is 2.20. The number of benzene rings is 1. The van der Waals surface area contributed by atoms with E-state index in [1.165, 1.54) is 4.70 Å². The monoisotopic (exact) mass is 429 g/mol. The smallest absolute Gasteiger partial charge is 0.0161 e. The van der Waals surface area contributed by atoms with Crippen molar-refractivity contribution in [2.45, 2.75) is 0 Å². The fourth-order valence-electron chi connectivity index (χ4n) is 1.81. The molecule has 0 unspecified atom stereocenters. The number of thiophene rings is 1. The van der Waals surface area contributed by atoms with Crippen LogP contribution in [0.25, 0.3) is 34.5 Å². The zero-order chi connectivity index (χ0) is 11.8. The Morgan fingerprint density at radius 2 is 2.06 bits per heavy atom. The van der Waals surface area contributed by atoms with Gasteiger partial charge in [-0.15, -0.1) is 23.8 Å². The normalized spacial score (nSPS) is 10.2. The molecule has 0 fully saturated rings. The van der Waals surface area contributed by atoms with Gasteiger partial charge in [-0.1, -0.05) is 30.7 Å². The molecule has 0 amide bonds. The first-order valence-corrected chi connectivity index (χ1v) is 6.11. The van der Waals surface area contributed by atoms with E-state index in [0.717, 1.165) is 26.4 Å². The van der Waals surface area contributed by atoms with Crippen LogP contribution in [0.4, 0.5) is 0 Å². The van der Waals surface area contributed by atoms with E-state index in [0.29, 0.717) is 0 Å². The summed E-state index contributed by atoms with van der Waals surface area (Å²) in [6.45, 7) is 8.04. The molecule has 0 spiro atoms. The molecule has 3 aromatic rings. The maximum Gasteiger partial charge on any atom is 0.0161 e. The van der Waals surface area contributed by atoms with Gasteiger partial charge >= 0.3 is 0 Å². The van der Waals surface area contributed by atoms with E-state index in [1.54, 1.807) is 17.5 Å². The Labute approximate surface area is 123 Å². The van der Waals surface area contributed by atoms with Crippen molar-refractivity contribution in [3.8, 4) is 11.3 Å². The molecule has 91 valence electrons. The van der Waals surface area contributed by atoms with Crippen molar-refractivity contribution in [3.05, 3.63) is 52.3 Å². The van der Waals surface area contributed by atoms with E-state index >= 15 is 0 Å². The molecule has 0 N–H and O–H groups in total. The fourth-order valence-corrected chi connectivity index (χ4v) is 2.72. The third-order valence-electron chi connectivity index (χ3n) is 2.75. The van der Waals surface area contributed by atoms with Crippen LogP contribution in [-0.4, -0.2) is 4.98 Å².